The first-order chi connectivity index (χ1) is 11.0. The highest BCUT2D eigenvalue weighted by Crippen LogP contribution is 2.35. The first kappa shape index (κ1) is 14.9. The van der Waals surface area contributed by atoms with E-state index in [9.17, 15) is 19.2 Å². The number of amides is 3. The molecule has 8 heteroatoms. The van der Waals surface area contributed by atoms with Crippen LogP contribution >= 0.6 is 0 Å². The molecule has 0 aliphatic carbocycles. The molecule has 0 saturated carbocycles. The number of imide groups is 1. The van der Waals surface area contributed by atoms with E-state index in [-0.39, 0.29) is 5.71 Å². The molecular formula is C15H13N3O5. The predicted molar refractivity (Wildman–Crippen MR) is 78.2 cm³/mol. The van der Waals surface area contributed by atoms with E-state index in [1.54, 1.807) is 30.3 Å². The van der Waals surface area contributed by atoms with E-state index >= 15 is 0 Å². The minimum Gasteiger partial charge on any atom is -0.464 e. The summed E-state index contributed by atoms with van der Waals surface area (Å²) in [5.74, 6) is -3.70. The molecule has 0 bridgehead atoms. The third-order valence-corrected chi connectivity index (χ3v) is 3.78. The summed E-state index contributed by atoms with van der Waals surface area (Å²) >= 11 is 0. The number of carbonyl (C=O) groups excluding carboxylic acids is 4. The molecule has 2 atom stereocenters. The average Bonchev–Trinajstić information content (AvgIpc) is 3.05. The third kappa shape index (κ3) is 2.10. The third-order valence-electron chi connectivity index (χ3n) is 3.78. The van der Waals surface area contributed by atoms with E-state index < -0.39 is 35.7 Å². The number of carbonyl (C=O) groups is 4. The number of hydrogen-bond acceptors (Lipinski definition) is 6. The van der Waals surface area contributed by atoms with Gasteiger partial charge in [-0.15, -0.1) is 0 Å². The highest BCUT2D eigenvalue weighted by atomic mass is 16.5. The largest absolute Gasteiger partial charge is 0.464 e. The predicted octanol–water partition coefficient (Wildman–Crippen LogP) is -0.0643. The van der Waals surface area contributed by atoms with E-state index in [1.165, 1.54) is 6.92 Å². The number of methoxy groups -OCH3 is 1. The molecule has 118 valence electrons. The van der Waals surface area contributed by atoms with Gasteiger partial charge < -0.3 is 4.74 Å². The highest BCUT2D eigenvalue weighted by molar-refractivity contribution is 6.46. The fourth-order valence-electron chi connectivity index (χ4n) is 2.78. The van der Waals surface area contributed by atoms with Gasteiger partial charge in [-0.1, -0.05) is 18.2 Å². The average molecular weight is 315 g/mol. The standard InChI is InChI=1S/C15H13N3O5/c1-8(19)18-12-10(11(16-18)15(22)23-2)13(20)17(14(12)21)9-6-4-3-5-7-9/h3-7,10,12H,1-2H3/t10-,12+/m0/s1. The van der Waals surface area contributed by atoms with Crippen LogP contribution in [0.3, 0.4) is 0 Å². The van der Waals surface area contributed by atoms with Crippen LogP contribution in [0.25, 0.3) is 0 Å². The van der Waals surface area contributed by atoms with Gasteiger partial charge in [0.1, 0.15) is 5.92 Å². The topological polar surface area (TPSA) is 96.3 Å². The molecule has 0 N–H and O–H groups in total. The molecule has 1 aromatic rings. The summed E-state index contributed by atoms with van der Waals surface area (Å²) in [4.78, 5) is 49.9. The Hall–Kier alpha value is -3.03. The second-order valence-corrected chi connectivity index (χ2v) is 5.11. The molecule has 2 aliphatic rings. The van der Waals surface area contributed by atoms with E-state index in [0.29, 0.717) is 5.69 Å². The van der Waals surface area contributed by atoms with Gasteiger partial charge >= 0.3 is 5.97 Å². The van der Waals surface area contributed by atoms with Crippen molar-refractivity contribution in [1.29, 1.82) is 0 Å². The van der Waals surface area contributed by atoms with Crippen molar-refractivity contribution in [2.75, 3.05) is 12.0 Å². The number of hydrazone groups is 1. The van der Waals surface area contributed by atoms with Crippen LogP contribution in [-0.4, -0.2) is 47.6 Å². The zero-order valence-electron chi connectivity index (χ0n) is 12.4. The summed E-state index contributed by atoms with van der Waals surface area (Å²) in [5, 5.41) is 4.70. The molecule has 1 saturated heterocycles. The maximum absolute atomic E-state index is 12.7. The Bertz CT molecular complexity index is 743. The lowest BCUT2D eigenvalue weighted by Gasteiger charge is -2.19. The minimum absolute atomic E-state index is 0.232. The van der Waals surface area contributed by atoms with Gasteiger partial charge in [-0.2, -0.15) is 5.10 Å². The van der Waals surface area contributed by atoms with Gasteiger partial charge in [0, 0.05) is 6.92 Å². The summed E-state index contributed by atoms with van der Waals surface area (Å²) in [5.41, 5.74) is 0.147. The maximum Gasteiger partial charge on any atom is 0.355 e. The molecule has 0 unspecified atom stereocenters. The number of fused-ring (bicyclic) bond motifs is 1. The van der Waals surface area contributed by atoms with E-state index in [0.717, 1.165) is 17.0 Å². The fourth-order valence-corrected chi connectivity index (χ4v) is 2.78. The van der Waals surface area contributed by atoms with Crippen molar-refractivity contribution in [1.82, 2.24) is 5.01 Å². The van der Waals surface area contributed by atoms with Crippen LogP contribution in [0.5, 0.6) is 0 Å². The second kappa shape index (κ2) is 5.31. The Labute approximate surface area is 131 Å². The van der Waals surface area contributed by atoms with Crippen molar-refractivity contribution in [3.8, 4) is 0 Å². The zero-order valence-corrected chi connectivity index (χ0v) is 12.4. The molecule has 3 rings (SSSR count). The van der Waals surface area contributed by atoms with Crippen LogP contribution in [0.15, 0.2) is 35.4 Å². The Kier molecular flexibility index (Phi) is 3.44. The van der Waals surface area contributed by atoms with Crippen molar-refractivity contribution in [2.24, 2.45) is 11.0 Å². The van der Waals surface area contributed by atoms with Crippen molar-refractivity contribution < 1.29 is 23.9 Å². The lowest BCUT2D eigenvalue weighted by molar-refractivity contribution is -0.136. The Balaban J connectivity index is 2.07. The van der Waals surface area contributed by atoms with Crippen LogP contribution in [0.2, 0.25) is 0 Å². The number of hydrogen-bond donors (Lipinski definition) is 0. The molecule has 23 heavy (non-hydrogen) atoms. The van der Waals surface area contributed by atoms with Gasteiger partial charge in [0.05, 0.1) is 12.8 Å². The first-order valence-electron chi connectivity index (χ1n) is 6.87. The summed E-state index contributed by atoms with van der Waals surface area (Å²) in [6.45, 7) is 1.21. The van der Waals surface area contributed by atoms with Gasteiger partial charge in [0.25, 0.3) is 5.91 Å². The van der Waals surface area contributed by atoms with E-state index in [1.807, 2.05) is 0 Å². The smallest absolute Gasteiger partial charge is 0.355 e. The molecule has 1 fully saturated rings. The Morgan fingerprint density at radius 2 is 1.78 bits per heavy atom. The number of benzene rings is 1. The van der Waals surface area contributed by atoms with Gasteiger partial charge in [0.2, 0.25) is 11.8 Å². The monoisotopic (exact) mass is 315 g/mol. The lowest BCUT2D eigenvalue weighted by atomic mass is 9.98. The van der Waals surface area contributed by atoms with Gasteiger partial charge in [-0.3, -0.25) is 14.4 Å². The number of anilines is 1. The number of esters is 1. The van der Waals surface area contributed by atoms with Gasteiger partial charge in [-0.05, 0) is 12.1 Å². The maximum atomic E-state index is 12.7. The summed E-state index contributed by atoms with van der Waals surface area (Å²) in [6, 6.07) is 7.17. The number of ether oxygens (including phenoxy) is 1. The Morgan fingerprint density at radius 3 is 2.35 bits per heavy atom. The Morgan fingerprint density at radius 1 is 1.13 bits per heavy atom. The summed E-state index contributed by atoms with van der Waals surface area (Å²) in [7, 11) is 1.15. The van der Waals surface area contributed by atoms with Crippen molar-refractivity contribution in [2.45, 2.75) is 13.0 Å². The van der Waals surface area contributed by atoms with Crippen LogP contribution in [0.1, 0.15) is 6.92 Å². The SMILES string of the molecule is COC(=O)C1=NN(C(C)=O)[C@H]2C(=O)N(c3ccccc3)C(=O)[C@@H]12. The molecule has 8 nitrogen and oxygen atoms in total. The molecule has 0 radical (unpaired) electrons. The number of nitrogens with zero attached hydrogens (tertiary/aromatic N) is 3. The van der Waals surface area contributed by atoms with E-state index in [2.05, 4.69) is 9.84 Å². The quantitative estimate of drug-likeness (QED) is 0.562. The fraction of sp³-hybridized carbons (Fsp3) is 0.267. The van der Waals surface area contributed by atoms with Crippen molar-refractivity contribution in [3.63, 3.8) is 0 Å². The summed E-state index contributed by atoms with van der Waals surface area (Å²) < 4.78 is 4.61. The van der Waals surface area contributed by atoms with Crippen molar-refractivity contribution in [3.05, 3.63) is 30.3 Å². The molecule has 1 aromatic carbocycles. The first-order valence-corrected chi connectivity index (χ1v) is 6.87. The molecule has 0 aromatic heterocycles. The highest BCUT2D eigenvalue weighted by Gasteiger charge is 2.59. The molecule has 2 aliphatic heterocycles. The zero-order chi connectivity index (χ0) is 16.7. The molecule has 2 heterocycles. The lowest BCUT2D eigenvalue weighted by Crippen LogP contribution is -2.41. The van der Waals surface area contributed by atoms with Gasteiger partial charge in [0.15, 0.2) is 11.8 Å². The molecular weight excluding hydrogens is 302 g/mol. The van der Waals surface area contributed by atoms with Crippen LogP contribution < -0.4 is 4.90 Å². The van der Waals surface area contributed by atoms with E-state index in [4.69, 9.17) is 0 Å². The molecule has 0 spiro atoms. The van der Waals surface area contributed by atoms with Crippen molar-refractivity contribution >= 4 is 35.1 Å². The van der Waals surface area contributed by atoms with Crippen LogP contribution in [0, 0.1) is 5.92 Å². The van der Waals surface area contributed by atoms with Crippen LogP contribution in [0.4, 0.5) is 5.69 Å². The number of rotatable bonds is 2. The molecule has 3 amide bonds. The minimum atomic E-state index is -1.14. The van der Waals surface area contributed by atoms with Gasteiger partial charge in [-0.25, -0.2) is 14.7 Å². The second-order valence-electron chi connectivity index (χ2n) is 5.11. The number of para-hydroxylation sites is 1. The van der Waals surface area contributed by atoms with Crippen LogP contribution in [-0.2, 0) is 23.9 Å². The summed E-state index contributed by atoms with van der Waals surface area (Å²) in [6.07, 6.45) is 0. The normalized spacial score (nSPS) is 23.0.